The molecule has 172 valence electrons. The lowest BCUT2D eigenvalue weighted by molar-refractivity contribution is -0.129. The van der Waals surface area contributed by atoms with Crippen molar-refractivity contribution >= 4 is 11.8 Å². The van der Waals surface area contributed by atoms with Crippen LogP contribution >= 0.6 is 0 Å². The van der Waals surface area contributed by atoms with Crippen molar-refractivity contribution in [3.05, 3.63) is 18.2 Å². The fourth-order valence-corrected chi connectivity index (χ4v) is 4.26. The van der Waals surface area contributed by atoms with Crippen LogP contribution in [0.3, 0.4) is 0 Å². The number of hydrogen-bond acceptors (Lipinski definition) is 6. The third-order valence-electron chi connectivity index (χ3n) is 6.08. The van der Waals surface area contributed by atoms with E-state index in [4.69, 9.17) is 14.2 Å². The van der Waals surface area contributed by atoms with Crippen LogP contribution in [0.5, 0.6) is 17.2 Å². The van der Waals surface area contributed by atoms with Crippen molar-refractivity contribution in [2.24, 2.45) is 5.92 Å². The van der Waals surface area contributed by atoms with Crippen LogP contribution < -0.4 is 19.5 Å². The quantitative estimate of drug-likeness (QED) is 0.641. The molecule has 0 radical (unpaired) electrons. The van der Waals surface area contributed by atoms with E-state index in [-0.39, 0.29) is 29.9 Å². The summed E-state index contributed by atoms with van der Waals surface area (Å²) in [6.07, 6.45) is 3.80. The molecule has 1 saturated heterocycles. The Morgan fingerprint density at radius 1 is 1.13 bits per heavy atom. The molecule has 2 fully saturated rings. The molecule has 1 unspecified atom stereocenters. The van der Waals surface area contributed by atoms with E-state index >= 15 is 0 Å². The number of amides is 2. The average Bonchev–Trinajstić information content (AvgIpc) is 3.14. The number of likely N-dealkylation sites (tertiary alicyclic amines) is 1. The van der Waals surface area contributed by atoms with E-state index in [1.807, 2.05) is 37.2 Å². The molecule has 1 N–H and O–H groups in total. The van der Waals surface area contributed by atoms with Gasteiger partial charge in [0.1, 0.15) is 0 Å². The normalized spacial score (nSPS) is 23.7. The lowest BCUT2D eigenvalue weighted by atomic mass is 9.92. The Bertz CT molecular complexity index is 762. The third kappa shape index (κ3) is 6.03. The molecule has 1 heterocycles. The topological polar surface area (TPSA) is 80.3 Å². The van der Waals surface area contributed by atoms with Gasteiger partial charge in [-0.3, -0.25) is 9.59 Å². The van der Waals surface area contributed by atoms with Crippen molar-refractivity contribution in [2.75, 3.05) is 47.9 Å². The molecule has 1 aliphatic heterocycles. The Balaban J connectivity index is 1.45. The van der Waals surface area contributed by atoms with E-state index in [2.05, 4.69) is 5.32 Å². The number of nitrogens with zero attached hydrogens (tertiary/aromatic N) is 2. The average molecular weight is 434 g/mol. The standard InChI is InChI=1S/C23H35N3O5/c1-25(2)12-13-26-15-16(14-21(26)27)23(28)24-17-8-10-18(11-9-17)31-20-7-5-6-19(29-3)22(20)30-4/h5-7,16-18H,8-15H2,1-4H3,(H,24,28). The first-order valence-corrected chi connectivity index (χ1v) is 11.0. The largest absolute Gasteiger partial charge is 0.493 e. The molecule has 0 bridgehead atoms. The number of rotatable bonds is 9. The van der Waals surface area contributed by atoms with Crippen LogP contribution in [0.15, 0.2) is 18.2 Å². The highest BCUT2D eigenvalue weighted by molar-refractivity contribution is 5.89. The summed E-state index contributed by atoms with van der Waals surface area (Å²) >= 11 is 0. The number of ether oxygens (including phenoxy) is 3. The number of para-hydroxylation sites is 1. The van der Waals surface area contributed by atoms with Gasteiger partial charge in [0.25, 0.3) is 0 Å². The van der Waals surface area contributed by atoms with E-state index in [0.717, 1.165) is 32.2 Å². The van der Waals surface area contributed by atoms with Gasteiger partial charge in [-0.05, 0) is 51.9 Å². The summed E-state index contributed by atoms with van der Waals surface area (Å²) in [5, 5.41) is 3.16. The zero-order chi connectivity index (χ0) is 22.4. The van der Waals surface area contributed by atoms with Crippen LogP contribution in [0.2, 0.25) is 0 Å². The maximum atomic E-state index is 12.7. The monoisotopic (exact) mass is 433 g/mol. The Hall–Kier alpha value is -2.48. The Labute approximate surface area is 184 Å². The molecule has 1 aliphatic carbocycles. The van der Waals surface area contributed by atoms with Gasteiger partial charge in [-0.2, -0.15) is 0 Å². The maximum absolute atomic E-state index is 12.7. The summed E-state index contributed by atoms with van der Waals surface area (Å²) < 4.78 is 17.0. The van der Waals surface area contributed by atoms with Crippen LogP contribution in [0, 0.1) is 5.92 Å². The molecular formula is C23H35N3O5. The molecule has 2 amide bonds. The summed E-state index contributed by atoms with van der Waals surface area (Å²) in [4.78, 5) is 28.8. The summed E-state index contributed by atoms with van der Waals surface area (Å²) in [6, 6.07) is 5.74. The van der Waals surface area contributed by atoms with Gasteiger partial charge >= 0.3 is 0 Å². The fourth-order valence-electron chi connectivity index (χ4n) is 4.26. The van der Waals surface area contributed by atoms with Crippen molar-refractivity contribution in [1.82, 2.24) is 15.1 Å². The number of nitrogens with one attached hydrogen (secondary N) is 1. The SMILES string of the molecule is COc1cccc(OC2CCC(NC(=O)C3CC(=O)N(CCN(C)C)C3)CC2)c1OC. The van der Waals surface area contributed by atoms with E-state index in [1.54, 1.807) is 19.1 Å². The van der Waals surface area contributed by atoms with E-state index < -0.39 is 0 Å². The molecule has 0 aromatic heterocycles. The minimum atomic E-state index is -0.246. The molecule has 1 atom stereocenters. The highest BCUT2D eigenvalue weighted by atomic mass is 16.5. The van der Waals surface area contributed by atoms with Crippen molar-refractivity contribution in [1.29, 1.82) is 0 Å². The molecule has 3 rings (SSSR count). The zero-order valence-corrected chi connectivity index (χ0v) is 19.1. The van der Waals surface area contributed by atoms with Crippen molar-refractivity contribution in [3.8, 4) is 17.2 Å². The molecule has 2 aliphatic rings. The van der Waals surface area contributed by atoms with Gasteiger partial charge < -0.3 is 29.3 Å². The third-order valence-corrected chi connectivity index (χ3v) is 6.08. The second kappa shape index (κ2) is 10.7. The number of methoxy groups -OCH3 is 2. The molecule has 1 aromatic rings. The minimum Gasteiger partial charge on any atom is -0.493 e. The Kier molecular flexibility index (Phi) is 8.01. The second-order valence-corrected chi connectivity index (χ2v) is 8.64. The van der Waals surface area contributed by atoms with Gasteiger partial charge in [0.2, 0.25) is 17.6 Å². The first-order chi connectivity index (χ1) is 14.9. The summed E-state index contributed by atoms with van der Waals surface area (Å²) in [7, 11) is 7.17. The minimum absolute atomic E-state index is 0.000429. The predicted octanol–water partition coefficient (Wildman–Crippen LogP) is 1.92. The zero-order valence-electron chi connectivity index (χ0n) is 19.1. The van der Waals surface area contributed by atoms with Crippen LogP contribution in [0.4, 0.5) is 0 Å². The number of carbonyl (C=O) groups is 2. The highest BCUT2D eigenvalue weighted by Crippen LogP contribution is 2.38. The Morgan fingerprint density at radius 3 is 2.48 bits per heavy atom. The van der Waals surface area contributed by atoms with Crippen LogP contribution in [0.1, 0.15) is 32.1 Å². The molecule has 31 heavy (non-hydrogen) atoms. The smallest absolute Gasteiger partial charge is 0.225 e. The fraction of sp³-hybridized carbons (Fsp3) is 0.652. The first kappa shape index (κ1) is 23.2. The first-order valence-electron chi connectivity index (χ1n) is 11.0. The van der Waals surface area contributed by atoms with Gasteiger partial charge in [0.05, 0.1) is 26.2 Å². The highest BCUT2D eigenvalue weighted by Gasteiger charge is 2.35. The van der Waals surface area contributed by atoms with E-state index in [9.17, 15) is 9.59 Å². The van der Waals surface area contributed by atoms with Crippen molar-refractivity contribution in [2.45, 2.75) is 44.2 Å². The van der Waals surface area contributed by atoms with Gasteiger partial charge in [0.15, 0.2) is 11.5 Å². The van der Waals surface area contributed by atoms with Gasteiger partial charge in [-0.25, -0.2) is 0 Å². The maximum Gasteiger partial charge on any atom is 0.225 e. The molecule has 8 nitrogen and oxygen atoms in total. The van der Waals surface area contributed by atoms with Crippen LogP contribution in [0.25, 0.3) is 0 Å². The van der Waals surface area contributed by atoms with Crippen LogP contribution in [-0.4, -0.2) is 81.7 Å². The number of likely N-dealkylation sites (N-methyl/N-ethyl adjacent to an activating group) is 1. The lowest BCUT2D eigenvalue weighted by Gasteiger charge is -2.30. The summed E-state index contributed by atoms with van der Waals surface area (Å²) in [5.74, 6) is 1.75. The van der Waals surface area contributed by atoms with E-state index in [1.165, 1.54) is 0 Å². The summed E-state index contributed by atoms with van der Waals surface area (Å²) in [5.41, 5.74) is 0. The molecule has 8 heteroatoms. The van der Waals surface area contributed by atoms with Crippen LogP contribution in [-0.2, 0) is 9.59 Å². The van der Waals surface area contributed by atoms with Gasteiger partial charge in [-0.1, -0.05) is 6.07 Å². The Morgan fingerprint density at radius 2 is 1.84 bits per heavy atom. The van der Waals surface area contributed by atoms with Gasteiger partial charge in [0, 0.05) is 32.1 Å². The number of benzene rings is 1. The number of carbonyl (C=O) groups excluding carboxylic acids is 2. The number of hydrogen-bond donors (Lipinski definition) is 1. The van der Waals surface area contributed by atoms with Crippen molar-refractivity contribution in [3.63, 3.8) is 0 Å². The molecule has 0 spiro atoms. The van der Waals surface area contributed by atoms with Crippen molar-refractivity contribution < 1.29 is 23.8 Å². The molecule has 1 saturated carbocycles. The predicted molar refractivity (Wildman–Crippen MR) is 118 cm³/mol. The second-order valence-electron chi connectivity index (χ2n) is 8.64. The van der Waals surface area contributed by atoms with E-state index in [0.29, 0.717) is 36.8 Å². The van der Waals surface area contributed by atoms with Gasteiger partial charge in [-0.15, -0.1) is 0 Å². The molecule has 1 aromatic carbocycles. The summed E-state index contributed by atoms with van der Waals surface area (Å²) in [6.45, 7) is 2.00. The lowest BCUT2D eigenvalue weighted by Crippen LogP contribution is -2.43. The molecular weight excluding hydrogens is 398 g/mol.